The van der Waals surface area contributed by atoms with Crippen LogP contribution < -0.4 is 0 Å². The summed E-state index contributed by atoms with van der Waals surface area (Å²) in [5.74, 6) is -1.46. The first-order chi connectivity index (χ1) is 6.12. The monoisotopic (exact) mass is 186 g/mol. The number of carbonyl (C=O) groups is 2. The predicted molar refractivity (Wildman–Crippen MR) is 44.9 cm³/mol. The van der Waals surface area contributed by atoms with E-state index in [1.807, 2.05) is 13.8 Å². The standard InChI is InChI=1S/C9H14O4/c1-4-6-7(10)13-8(11)9(6,5-2)12-3/h6H,4-5H2,1-3H3. The smallest absolute Gasteiger partial charge is 0.346 e. The van der Waals surface area contributed by atoms with Crippen molar-refractivity contribution in [3.8, 4) is 0 Å². The van der Waals surface area contributed by atoms with Crippen molar-refractivity contribution in [1.29, 1.82) is 0 Å². The van der Waals surface area contributed by atoms with Gasteiger partial charge in [0.2, 0.25) is 0 Å². The van der Waals surface area contributed by atoms with Crippen LogP contribution in [0.15, 0.2) is 0 Å². The van der Waals surface area contributed by atoms with Crippen LogP contribution in [0.25, 0.3) is 0 Å². The molecular formula is C9H14O4. The summed E-state index contributed by atoms with van der Waals surface area (Å²) in [6.07, 6.45) is 1.03. The highest BCUT2D eigenvalue weighted by molar-refractivity contribution is 6.01. The lowest BCUT2D eigenvalue weighted by Crippen LogP contribution is -2.42. The molecule has 0 amide bonds. The normalized spacial score (nSPS) is 33.6. The van der Waals surface area contributed by atoms with Gasteiger partial charge in [0.15, 0.2) is 5.60 Å². The second-order valence-electron chi connectivity index (χ2n) is 3.12. The first-order valence-corrected chi connectivity index (χ1v) is 4.43. The number of rotatable bonds is 3. The summed E-state index contributed by atoms with van der Waals surface area (Å²) in [4.78, 5) is 22.6. The lowest BCUT2D eigenvalue weighted by Gasteiger charge is -2.25. The molecule has 1 aliphatic heterocycles. The zero-order chi connectivity index (χ0) is 10.1. The highest BCUT2D eigenvalue weighted by Gasteiger charge is 2.56. The van der Waals surface area contributed by atoms with E-state index in [-0.39, 0.29) is 0 Å². The average Bonchev–Trinajstić information content (AvgIpc) is 2.36. The third-order valence-electron chi connectivity index (χ3n) is 2.68. The van der Waals surface area contributed by atoms with Gasteiger partial charge in [-0.25, -0.2) is 4.79 Å². The Morgan fingerprint density at radius 3 is 2.38 bits per heavy atom. The molecule has 0 aliphatic carbocycles. The van der Waals surface area contributed by atoms with Gasteiger partial charge in [-0.2, -0.15) is 0 Å². The maximum atomic E-state index is 11.4. The first-order valence-electron chi connectivity index (χ1n) is 4.43. The lowest BCUT2D eigenvalue weighted by atomic mass is 9.85. The second kappa shape index (κ2) is 3.46. The fraction of sp³-hybridized carbons (Fsp3) is 0.778. The number of cyclic esters (lactones) is 2. The van der Waals surface area contributed by atoms with Crippen molar-refractivity contribution in [2.45, 2.75) is 32.3 Å². The zero-order valence-corrected chi connectivity index (χ0v) is 8.12. The molecule has 1 heterocycles. The number of esters is 2. The topological polar surface area (TPSA) is 52.6 Å². The Balaban J connectivity index is 3.03. The van der Waals surface area contributed by atoms with Crippen molar-refractivity contribution >= 4 is 11.9 Å². The average molecular weight is 186 g/mol. The van der Waals surface area contributed by atoms with E-state index in [1.54, 1.807) is 0 Å². The van der Waals surface area contributed by atoms with Gasteiger partial charge >= 0.3 is 11.9 Å². The molecule has 0 spiro atoms. The molecule has 0 bridgehead atoms. The summed E-state index contributed by atoms with van der Waals surface area (Å²) in [7, 11) is 1.44. The summed E-state index contributed by atoms with van der Waals surface area (Å²) in [5, 5.41) is 0. The number of methoxy groups -OCH3 is 1. The fourth-order valence-corrected chi connectivity index (χ4v) is 1.84. The van der Waals surface area contributed by atoms with E-state index >= 15 is 0 Å². The van der Waals surface area contributed by atoms with Crippen molar-refractivity contribution in [2.75, 3.05) is 7.11 Å². The highest BCUT2D eigenvalue weighted by atomic mass is 16.6. The molecule has 2 unspecified atom stereocenters. The largest absolute Gasteiger partial charge is 0.391 e. The number of hydrogen-bond acceptors (Lipinski definition) is 4. The predicted octanol–water partition coefficient (Wildman–Crippen LogP) is 0.891. The van der Waals surface area contributed by atoms with E-state index in [2.05, 4.69) is 4.74 Å². The summed E-state index contributed by atoms with van der Waals surface area (Å²) in [5.41, 5.74) is -1.04. The Morgan fingerprint density at radius 2 is 2.08 bits per heavy atom. The molecule has 0 radical (unpaired) electrons. The molecule has 1 fully saturated rings. The van der Waals surface area contributed by atoms with E-state index in [0.29, 0.717) is 12.8 Å². The Kier molecular flexibility index (Phi) is 2.71. The third-order valence-corrected chi connectivity index (χ3v) is 2.68. The van der Waals surface area contributed by atoms with Gasteiger partial charge in [-0.3, -0.25) is 4.79 Å². The SMILES string of the molecule is CCC1C(=O)OC(=O)C1(CC)OC. The molecule has 0 aromatic rings. The van der Waals surface area contributed by atoms with Gasteiger partial charge in [-0.05, 0) is 12.8 Å². The van der Waals surface area contributed by atoms with Crippen LogP contribution in [0.2, 0.25) is 0 Å². The summed E-state index contributed by atoms with van der Waals surface area (Å²) >= 11 is 0. The highest BCUT2D eigenvalue weighted by Crippen LogP contribution is 2.36. The van der Waals surface area contributed by atoms with Crippen LogP contribution in [0.3, 0.4) is 0 Å². The molecule has 0 N–H and O–H groups in total. The quantitative estimate of drug-likeness (QED) is 0.485. The van der Waals surface area contributed by atoms with Crippen LogP contribution in [0.5, 0.6) is 0 Å². The Hall–Kier alpha value is -0.900. The van der Waals surface area contributed by atoms with E-state index in [4.69, 9.17) is 4.74 Å². The van der Waals surface area contributed by atoms with E-state index in [0.717, 1.165) is 0 Å². The van der Waals surface area contributed by atoms with Crippen molar-refractivity contribution in [2.24, 2.45) is 5.92 Å². The van der Waals surface area contributed by atoms with Crippen molar-refractivity contribution in [3.63, 3.8) is 0 Å². The molecule has 0 aromatic carbocycles. The van der Waals surface area contributed by atoms with Gasteiger partial charge in [-0.1, -0.05) is 13.8 Å². The van der Waals surface area contributed by atoms with Crippen LogP contribution in [-0.4, -0.2) is 24.6 Å². The van der Waals surface area contributed by atoms with Crippen molar-refractivity contribution in [1.82, 2.24) is 0 Å². The maximum Gasteiger partial charge on any atom is 0.346 e. The van der Waals surface area contributed by atoms with E-state index < -0.39 is 23.5 Å². The van der Waals surface area contributed by atoms with Crippen LogP contribution in [-0.2, 0) is 19.1 Å². The van der Waals surface area contributed by atoms with Gasteiger partial charge in [0.25, 0.3) is 0 Å². The maximum absolute atomic E-state index is 11.4. The molecule has 0 saturated carbocycles. The fourth-order valence-electron chi connectivity index (χ4n) is 1.84. The molecule has 0 aromatic heterocycles. The number of ether oxygens (including phenoxy) is 2. The van der Waals surface area contributed by atoms with Crippen molar-refractivity contribution < 1.29 is 19.1 Å². The van der Waals surface area contributed by atoms with Gasteiger partial charge in [0, 0.05) is 7.11 Å². The second-order valence-corrected chi connectivity index (χ2v) is 3.12. The summed E-state index contributed by atoms with van der Waals surface area (Å²) < 4.78 is 9.70. The Bertz CT molecular complexity index is 230. The third kappa shape index (κ3) is 1.25. The van der Waals surface area contributed by atoms with Gasteiger partial charge in [0.05, 0.1) is 5.92 Å². The van der Waals surface area contributed by atoms with Crippen LogP contribution >= 0.6 is 0 Å². The number of hydrogen-bond donors (Lipinski definition) is 0. The summed E-state index contributed by atoms with van der Waals surface area (Å²) in [6, 6.07) is 0. The first kappa shape index (κ1) is 10.2. The van der Waals surface area contributed by atoms with Gasteiger partial charge in [-0.15, -0.1) is 0 Å². The summed E-state index contributed by atoms with van der Waals surface area (Å²) in [6.45, 7) is 3.65. The van der Waals surface area contributed by atoms with E-state index in [9.17, 15) is 9.59 Å². The molecule has 4 nitrogen and oxygen atoms in total. The minimum absolute atomic E-state index is 0.449. The molecule has 1 rings (SSSR count). The molecular weight excluding hydrogens is 172 g/mol. The molecule has 4 heteroatoms. The molecule has 1 aliphatic rings. The van der Waals surface area contributed by atoms with E-state index in [1.165, 1.54) is 7.11 Å². The van der Waals surface area contributed by atoms with Crippen molar-refractivity contribution in [3.05, 3.63) is 0 Å². The van der Waals surface area contributed by atoms with Gasteiger partial charge < -0.3 is 9.47 Å². The lowest BCUT2D eigenvalue weighted by molar-refractivity contribution is -0.160. The molecule has 13 heavy (non-hydrogen) atoms. The van der Waals surface area contributed by atoms with Gasteiger partial charge in [0.1, 0.15) is 0 Å². The van der Waals surface area contributed by atoms with Crippen LogP contribution in [0.1, 0.15) is 26.7 Å². The van der Waals surface area contributed by atoms with Crippen LogP contribution in [0.4, 0.5) is 0 Å². The molecule has 1 saturated heterocycles. The molecule has 74 valence electrons. The minimum atomic E-state index is -1.04. The minimum Gasteiger partial charge on any atom is -0.391 e. The number of carbonyl (C=O) groups excluding carboxylic acids is 2. The zero-order valence-electron chi connectivity index (χ0n) is 8.12. The molecule has 2 atom stereocenters. The Morgan fingerprint density at radius 1 is 1.46 bits per heavy atom. The Labute approximate surface area is 77.2 Å². The van der Waals surface area contributed by atoms with Crippen LogP contribution in [0, 0.1) is 5.92 Å².